The first kappa shape index (κ1) is 26.8. The van der Waals surface area contributed by atoms with Crippen molar-refractivity contribution >= 4 is 28.7 Å². The molecule has 2 nitrogen and oxygen atoms in total. The Balaban J connectivity index is 1.41. The Bertz CT molecular complexity index is 1430. The molecule has 0 bridgehead atoms. The first-order valence-corrected chi connectivity index (χ1v) is 14.7. The lowest BCUT2D eigenvalue weighted by Crippen LogP contribution is -2.27. The summed E-state index contributed by atoms with van der Waals surface area (Å²) >= 11 is 6.37. The highest BCUT2D eigenvalue weighted by Crippen LogP contribution is 2.48. The normalized spacial score (nSPS) is 21.7. The number of likely N-dealkylation sites (N-methyl/N-ethyl adjacent to an activating group) is 1. The summed E-state index contributed by atoms with van der Waals surface area (Å²) in [6.45, 7) is 18.0. The number of rotatable bonds is 6. The van der Waals surface area contributed by atoms with E-state index in [2.05, 4.69) is 119 Å². The summed E-state index contributed by atoms with van der Waals surface area (Å²) in [5, 5.41) is 0.807. The first-order chi connectivity index (χ1) is 18.1. The van der Waals surface area contributed by atoms with Crippen LogP contribution in [0.2, 0.25) is 5.02 Å². The number of fused-ring (bicyclic) bond motifs is 2. The third-order valence-electron chi connectivity index (χ3n) is 8.83. The van der Waals surface area contributed by atoms with E-state index >= 15 is 0 Å². The molecule has 0 fully saturated rings. The summed E-state index contributed by atoms with van der Waals surface area (Å²) in [4.78, 5) is 2.49. The molecule has 1 aliphatic carbocycles. The Kier molecular flexibility index (Phi) is 7.07. The summed E-state index contributed by atoms with van der Waals surface area (Å²) in [6.07, 6.45) is 15.0. The molecule has 2 aromatic rings. The largest absolute Gasteiger partial charge is 0.344 e. The average Bonchev–Trinajstić information content (AvgIpc) is 3.50. The van der Waals surface area contributed by atoms with Crippen LogP contribution >= 0.6 is 11.6 Å². The van der Waals surface area contributed by atoms with Gasteiger partial charge in [0.15, 0.2) is 5.71 Å². The van der Waals surface area contributed by atoms with Crippen molar-refractivity contribution in [3.05, 3.63) is 105 Å². The Labute approximate surface area is 234 Å². The minimum Gasteiger partial charge on any atom is -0.344 e. The minimum atomic E-state index is -0.0701. The van der Waals surface area contributed by atoms with Crippen LogP contribution < -0.4 is 4.90 Å². The highest BCUT2D eigenvalue weighted by atomic mass is 35.5. The maximum atomic E-state index is 6.37. The van der Waals surface area contributed by atoms with Gasteiger partial charge in [-0.2, -0.15) is 4.58 Å². The van der Waals surface area contributed by atoms with Gasteiger partial charge in [-0.05, 0) is 93.5 Å². The third-order valence-corrected chi connectivity index (χ3v) is 9.07. The van der Waals surface area contributed by atoms with Crippen molar-refractivity contribution in [2.24, 2.45) is 0 Å². The van der Waals surface area contributed by atoms with Crippen molar-refractivity contribution < 1.29 is 4.58 Å². The van der Waals surface area contributed by atoms with E-state index < -0.39 is 0 Å². The molecule has 2 aromatic carbocycles. The van der Waals surface area contributed by atoms with Crippen molar-refractivity contribution in [2.75, 3.05) is 18.0 Å². The molecular formula is C35H42ClN2+. The van der Waals surface area contributed by atoms with Gasteiger partial charge in [-0.25, -0.2) is 0 Å². The summed E-state index contributed by atoms with van der Waals surface area (Å²) in [7, 11) is 0. The highest BCUT2D eigenvalue weighted by Gasteiger charge is 2.44. The van der Waals surface area contributed by atoms with Crippen LogP contribution in [-0.2, 0) is 17.3 Å². The Hall–Kier alpha value is -2.84. The number of anilines is 1. The topological polar surface area (TPSA) is 6.25 Å². The van der Waals surface area contributed by atoms with Crippen molar-refractivity contribution in [3.8, 4) is 0 Å². The predicted molar refractivity (Wildman–Crippen MR) is 164 cm³/mol. The lowest BCUT2D eigenvalue weighted by Gasteiger charge is -2.26. The quantitative estimate of drug-likeness (QED) is 0.340. The molecule has 2 heterocycles. The van der Waals surface area contributed by atoms with Crippen molar-refractivity contribution in [2.45, 2.75) is 78.6 Å². The van der Waals surface area contributed by atoms with E-state index in [9.17, 15) is 0 Å². The number of halogens is 1. The molecule has 0 radical (unpaired) electrons. The SMILES string of the molecule is CCc1ccc2c(c1)C(C)(C)/C(=C\C=C1C=C(/C=C/C3=[N+](CC)c4ccc(Cl)cc4C3(C)C)CC\1)N2CC. The standard InChI is InChI=1S/C35H42ClN2/c1-8-24-13-17-30-28(22-24)34(4,5)32(37(30)9-2)19-14-25-11-12-26(21-25)15-20-33-35(6,7)29-23-27(36)16-18-31(29)38(33)10-3/h13-23H,8-12H2,1-7H3/q+1. The Morgan fingerprint density at radius 1 is 0.895 bits per heavy atom. The molecule has 0 N–H and O–H groups in total. The minimum absolute atomic E-state index is 0.00481. The number of nitrogens with zero attached hydrogens (tertiary/aromatic N) is 2. The average molecular weight is 526 g/mol. The number of hydrogen-bond donors (Lipinski definition) is 0. The van der Waals surface area contributed by atoms with Crippen LogP contribution in [0.15, 0.2) is 83.6 Å². The molecule has 2 aliphatic heterocycles. The zero-order valence-corrected chi connectivity index (χ0v) is 24.9. The molecule has 0 unspecified atom stereocenters. The first-order valence-electron chi connectivity index (χ1n) is 14.3. The highest BCUT2D eigenvalue weighted by molar-refractivity contribution is 6.30. The third kappa shape index (κ3) is 4.41. The van der Waals surface area contributed by atoms with Gasteiger partial charge in [0.1, 0.15) is 6.54 Å². The van der Waals surface area contributed by atoms with Crippen molar-refractivity contribution in [3.63, 3.8) is 0 Å². The van der Waals surface area contributed by atoms with E-state index in [0.717, 1.165) is 37.4 Å². The van der Waals surface area contributed by atoms with Gasteiger partial charge in [0.2, 0.25) is 5.69 Å². The van der Waals surface area contributed by atoms with Crippen LogP contribution in [0.3, 0.4) is 0 Å². The van der Waals surface area contributed by atoms with Gasteiger partial charge < -0.3 is 4.90 Å². The molecule has 3 heteroatoms. The second-order valence-corrected chi connectivity index (χ2v) is 12.3. The predicted octanol–water partition coefficient (Wildman–Crippen LogP) is 9.20. The Morgan fingerprint density at radius 2 is 1.68 bits per heavy atom. The van der Waals surface area contributed by atoms with Crippen LogP contribution in [-0.4, -0.2) is 23.4 Å². The van der Waals surface area contributed by atoms with Gasteiger partial charge in [-0.3, -0.25) is 0 Å². The number of hydrogen-bond acceptors (Lipinski definition) is 1. The van der Waals surface area contributed by atoms with E-state index in [4.69, 9.17) is 11.6 Å². The van der Waals surface area contributed by atoms with E-state index in [0.29, 0.717) is 0 Å². The van der Waals surface area contributed by atoms with E-state index in [1.165, 1.54) is 50.6 Å². The van der Waals surface area contributed by atoms with Crippen LogP contribution in [0, 0.1) is 0 Å². The van der Waals surface area contributed by atoms with Crippen molar-refractivity contribution in [1.29, 1.82) is 0 Å². The number of allylic oxidation sites excluding steroid dienone is 8. The smallest absolute Gasteiger partial charge is 0.209 e. The molecule has 198 valence electrons. The van der Waals surface area contributed by atoms with E-state index in [1.54, 1.807) is 0 Å². The molecule has 0 spiro atoms. The molecular weight excluding hydrogens is 484 g/mol. The van der Waals surface area contributed by atoms with Gasteiger partial charge in [0, 0.05) is 46.1 Å². The van der Waals surface area contributed by atoms with Crippen LogP contribution in [0.1, 0.15) is 78.0 Å². The van der Waals surface area contributed by atoms with Crippen LogP contribution in [0.25, 0.3) is 0 Å². The molecule has 38 heavy (non-hydrogen) atoms. The summed E-state index contributed by atoms with van der Waals surface area (Å²) in [5.74, 6) is 0. The fourth-order valence-corrected chi connectivity index (χ4v) is 6.75. The van der Waals surface area contributed by atoms with Gasteiger partial charge in [0.05, 0.1) is 5.41 Å². The molecule has 0 aromatic heterocycles. The molecule has 0 saturated carbocycles. The lowest BCUT2D eigenvalue weighted by atomic mass is 9.81. The second-order valence-electron chi connectivity index (χ2n) is 11.8. The fourth-order valence-electron chi connectivity index (χ4n) is 6.58. The molecule has 0 amide bonds. The molecule has 0 saturated heterocycles. The van der Waals surface area contributed by atoms with E-state index in [-0.39, 0.29) is 10.8 Å². The summed E-state index contributed by atoms with van der Waals surface area (Å²) < 4.78 is 2.43. The zero-order valence-electron chi connectivity index (χ0n) is 24.2. The fraction of sp³-hybridized carbons (Fsp3) is 0.400. The second kappa shape index (κ2) is 10.0. The van der Waals surface area contributed by atoms with Crippen molar-refractivity contribution in [1.82, 2.24) is 0 Å². The maximum Gasteiger partial charge on any atom is 0.209 e. The number of benzene rings is 2. The lowest BCUT2D eigenvalue weighted by molar-refractivity contribution is -0.433. The molecule has 5 rings (SSSR count). The van der Waals surface area contributed by atoms with Crippen LogP contribution in [0.4, 0.5) is 11.4 Å². The zero-order chi connectivity index (χ0) is 27.2. The molecule has 0 atom stereocenters. The summed E-state index contributed by atoms with van der Waals surface area (Å²) in [6, 6.07) is 13.3. The van der Waals surface area contributed by atoms with E-state index in [1.807, 2.05) is 6.07 Å². The van der Waals surface area contributed by atoms with Gasteiger partial charge >= 0.3 is 0 Å². The van der Waals surface area contributed by atoms with Gasteiger partial charge in [-0.1, -0.05) is 62.7 Å². The van der Waals surface area contributed by atoms with Gasteiger partial charge in [-0.15, -0.1) is 0 Å². The maximum absolute atomic E-state index is 6.37. The number of aryl methyl sites for hydroxylation is 1. The van der Waals surface area contributed by atoms with Gasteiger partial charge in [0.25, 0.3) is 0 Å². The summed E-state index contributed by atoms with van der Waals surface area (Å²) in [5.41, 5.74) is 12.3. The van der Waals surface area contributed by atoms with Crippen LogP contribution in [0.5, 0.6) is 0 Å². The monoisotopic (exact) mass is 525 g/mol. The molecule has 3 aliphatic rings. The Morgan fingerprint density at radius 3 is 2.39 bits per heavy atom.